The van der Waals surface area contributed by atoms with Gasteiger partial charge < -0.3 is 14.6 Å². The number of aryl methyl sites for hydroxylation is 1. The van der Waals surface area contributed by atoms with Crippen molar-refractivity contribution in [2.75, 3.05) is 38.0 Å². The molecule has 6 heteroatoms. The van der Waals surface area contributed by atoms with Gasteiger partial charge in [0, 0.05) is 36.6 Å². The zero-order valence-corrected chi connectivity index (χ0v) is 22.0. The van der Waals surface area contributed by atoms with Crippen LogP contribution in [-0.4, -0.2) is 48.4 Å². The fourth-order valence-corrected chi connectivity index (χ4v) is 6.82. The molecular weight excluding hydrogens is 454 g/mol. The molecular formula is C29H37N3O2S. The number of thiophene rings is 1. The van der Waals surface area contributed by atoms with Gasteiger partial charge in [0.05, 0.1) is 12.3 Å². The number of nitrogens with one attached hydrogen (secondary N) is 1. The highest BCUT2D eigenvalue weighted by atomic mass is 32.1. The molecule has 1 aliphatic carbocycles. The van der Waals surface area contributed by atoms with Crippen LogP contribution in [0.3, 0.4) is 0 Å². The SMILES string of the molecule is CCN1CCN([C@H](c2ccc(C(C)C)cc2)c2c(NC(=O)c3ccco3)sc3c2CCCC3)CC1. The van der Waals surface area contributed by atoms with Crippen LogP contribution in [0.4, 0.5) is 5.00 Å². The number of fused-ring (bicyclic) bond motifs is 1. The van der Waals surface area contributed by atoms with E-state index < -0.39 is 0 Å². The number of hydrogen-bond donors (Lipinski definition) is 1. The van der Waals surface area contributed by atoms with Gasteiger partial charge in [-0.15, -0.1) is 11.3 Å². The number of hydrogen-bond acceptors (Lipinski definition) is 5. The van der Waals surface area contributed by atoms with E-state index in [1.54, 1.807) is 29.7 Å². The maximum absolute atomic E-state index is 13.1. The van der Waals surface area contributed by atoms with Crippen molar-refractivity contribution >= 4 is 22.2 Å². The van der Waals surface area contributed by atoms with Crippen molar-refractivity contribution in [2.45, 2.75) is 58.4 Å². The Hall–Kier alpha value is -2.41. The zero-order valence-electron chi connectivity index (χ0n) is 21.2. The van der Waals surface area contributed by atoms with E-state index in [4.69, 9.17) is 4.42 Å². The summed E-state index contributed by atoms with van der Waals surface area (Å²) in [5.74, 6) is 0.698. The molecule has 35 heavy (non-hydrogen) atoms. The molecule has 1 aromatic carbocycles. The first-order valence-electron chi connectivity index (χ1n) is 13.1. The molecule has 2 aromatic heterocycles. The molecule has 0 bridgehead atoms. The minimum absolute atomic E-state index is 0.139. The van der Waals surface area contributed by atoms with Gasteiger partial charge in [0.25, 0.3) is 5.91 Å². The summed E-state index contributed by atoms with van der Waals surface area (Å²) in [6, 6.07) is 12.8. The van der Waals surface area contributed by atoms with Crippen LogP contribution in [0.5, 0.6) is 0 Å². The maximum atomic E-state index is 13.1. The number of anilines is 1. The molecule has 1 N–H and O–H groups in total. The highest BCUT2D eigenvalue weighted by Crippen LogP contribution is 2.46. The first-order chi connectivity index (χ1) is 17.0. The van der Waals surface area contributed by atoms with E-state index in [0.717, 1.165) is 50.6 Å². The number of piperazine rings is 1. The van der Waals surface area contributed by atoms with Gasteiger partial charge in [0.1, 0.15) is 5.00 Å². The van der Waals surface area contributed by atoms with Crippen LogP contribution in [0.15, 0.2) is 47.1 Å². The van der Waals surface area contributed by atoms with Crippen LogP contribution >= 0.6 is 11.3 Å². The van der Waals surface area contributed by atoms with E-state index in [-0.39, 0.29) is 11.9 Å². The molecule has 1 atom stereocenters. The molecule has 0 unspecified atom stereocenters. The Balaban J connectivity index is 1.58. The lowest BCUT2D eigenvalue weighted by Crippen LogP contribution is -2.47. The van der Waals surface area contributed by atoms with Crippen LogP contribution in [0.1, 0.15) is 83.3 Å². The van der Waals surface area contributed by atoms with Crippen molar-refractivity contribution in [2.24, 2.45) is 0 Å². The summed E-state index contributed by atoms with van der Waals surface area (Å²) >= 11 is 1.78. The van der Waals surface area contributed by atoms with Crippen molar-refractivity contribution in [1.29, 1.82) is 0 Å². The molecule has 3 heterocycles. The minimum Gasteiger partial charge on any atom is -0.459 e. The summed E-state index contributed by atoms with van der Waals surface area (Å²) in [4.78, 5) is 19.7. The number of nitrogens with zero attached hydrogens (tertiary/aromatic N) is 2. The Bertz CT molecular complexity index is 1130. The molecule has 1 amide bonds. The number of benzene rings is 1. The van der Waals surface area contributed by atoms with E-state index in [2.05, 4.69) is 60.2 Å². The number of amides is 1. The fraction of sp³-hybridized carbons (Fsp3) is 0.483. The second-order valence-corrected chi connectivity index (χ2v) is 11.2. The predicted octanol–water partition coefficient (Wildman–Crippen LogP) is 6.32. The van der Waals surface area contributed by atoms with Crippen molar-refractivity contribution in [3.8, 4) is 0 Å². The molecule has 1 fully saturated rings. The van der Waals surface area contributed by atoms with Crippen LogP contribution in [-0.2, 0) is 12.8 Å². The molecule has 0 spiro atoms. The molecule has 1 saturated heterocycles. The van der Waals surface area contributed by atoms with Gasteiger partial charge in [-0.3, -0.25) is 9.69 Å². The summed E-state index contributed by atoms with van der Waals surface area (Å²) in [5.41, 5.74) is 5.46. The smallest absolute Gasteiger partial charge is 0.291 e. The second-order valence-electron chi connectivity index (χ2n) is 10.1. The minimum atomic E-state index is -0.167. The lowest BCUT2D eigenvalue weighted by atomic mass is 9.87. The number of likely N-dealkylation sites (N-methyl/N-ethyl adjacent to an activating group) is 1. The van der Waals surface area contributed by atoms with Crippen molar-refractivity contribution in [3.05, 3.63) is 75.6 Å². The van der Waals surface area contributed by atoms with Crippen LogP contribution < -0.4 is 5.32 Å². The number of rotatable bonds is 7. The van der Waals surface area contributed by atoms with Crippen molar-refractivity contribution < 1.29 is 9.21 Å². The van der Waals surface area contributed by atoms with E-state index in [1.165, 1.54) is 40.0 Å². The van der Waals surface area contributed by atoms with Crippen molar-refractivity contribution in [3.63, 3.8) is 0 Å². The van der Waals surface area contributed by atoms with Crippen LogP contribution in [0.25, 0.3) is 0 Å². The van der Waals surface area contributed by atoms with E-state index in [0.29, 0.717) is 11.7 Å². The predicted molar refractivity (Wildman–Crippen MR) is 144 cm³/mol. The van der Waals surface area contributed by atoms with E-state index >= 15 is 0 Å². The third-order valence-electron chi connectivity index (χ3n) is 7.60. The Morgan fingerprint density at radius 1 is 1.03 bits per heavy atom. The molecule has 2 aliphatic rings. The third kappa shape index (κ3) is 5.11. The molecule has 5 nitrogen and oxygen atoms in total. The average molecular weight is 492 g/mol. The standard InChI is InChI=1S/C29H37N3O2S/c1-4-31-15-17-32(18-16-31)27(22-13-11-21(12-14-22)20(2)3)26-23-8-5-6-10-25(23)35-29(26)30-28(33)24-9-7-19-34-24/h7,9,11-14,19-20,27H,4-6,8,10,15-18H2,1-3H3,(H,30,33)/t27-/m1/s1. The molecule has 5 rings (SSSR count). The molecule has 1 aliphatic heterocycles. The summed E-state index contributed by atoms with van der Waals surface area (Å²) < 4.78 is 5.41. The summed E-state index contributed by atoms with van der Waals surface area (Å²) in [6.07, 6.45) is 6.19. The van der Waals surface area contributed by atoms with E-state index in [9.17, 15) is 4.79 Å². The molecule has 0 saturated carbocycles. The maximum Gasteiger partial charge on any atom is 0.291 e. The Morgan fingerprint density at radius 2 is 1.74 bits per heavy atom. The molecule has 186 valence electrons. The number of carbonyl (C=O) groups excluding carboxylic acids is 1. The van der Waals surface area contributed by atoms with Crippen LogP contribution in [0.2, 0.25) is 0 Å². The van der Waals surface area contributed by atoms with Gasteiger partial charge in [0.15, 0.2) is 5.76 Å². The third-order valence-corrected chi connectivity index (χ3v) is 8.82. The van der Waals surface area contributed by atoms with Crippen molar-refractivity contribution in [1.82, 2.24) is 9.80 Å². The van der Waals surface area contributed by atoms with E-state index in [1.807, 2.05) is 0 Å². The van der Waals surface area contributed by atoms with Gasteiger partial charge in [0.2, 0.25) is 0 Å². The van der Waals surface area contributed by atoms with Gasteiger partial charge in [-0.05, 0) is 67.0 Å². The highest BCUT2D eigenvalue weighted by Gasteiger charge is 2.33. The van der Waals surface area contributed by atoms with Gasteiger partial charge >= 0.3 is 0 Å². The highest BCUT2D eigenvalue weighted by molar-refractivity contribution is 7.16. The zero-order chi connectivity index (χ0) is 24.4. The number of carbonyl (C=O) groups is 1. The largest absolute Gasteiger partial charge is 0.459 e. The number of furan rings is 1. The molecule has 0 radical (unpaired) electrons. The average Bonchev–Trinajstić information content (AvgIpc) is 3.54. The normalized spacial score (nSPS) is 17.9. The summed E-state index contributed by atoms with van der Waals surface area (Å²) in [5, 5.41) is 4.25. The Kier molecular flexibility index (Phi) is 7.42. The van der Waals surface area contributed by atoms with Gasteiger partial charge in [-0.2, -0.15) is 0 Å². The fourth-order valence-electron chi connectivity index (χ4n) is 5.51. The second kappa shape index (κ2) is 10.7. The topological polar surface area (TPSA) is 48.7 Å². The molecule has 3 aromatic rings. The Morgan fingerprint density at radius 3 is 2.40 bits per heavy atom. The summed E-state index contributed by atoms with van der Waals surface area (Å²) in [7, 11) is 0. The lowest BCUT2D eigenvalue weighted by Gasteiger charge is -2.40. The first-order valence-corrected chi connectivity index (χ1v) is 13.9. The first kappa shape index (κ1) is 24.3. The van der Waals surface area contributed by atoms with Gasteiger partial charge in [-0.25, -0.2) is 0 Å². The van der Waals surface area contributed by atoms with Gasteiger partial charge in [-0.1, -0.05) is 45.0 Å². The monoisotopic (exact) mass is 491 g/mol. The summed E-state index contributed by atoms with van der Waals surface area (Å²) in [6.45, 7) is 12.0. The lowest BCUT2D eigenvalue weighted by molar-refractivity contribution is 0.0995. The van der Waals surface area contributed by atoms with Crippen LogP contribution in [0, 0.1) is 0 Å². The Labute approximate surface area is 213 Å². The quantitative estimate of drug-likeness (QED) is 0.420.